The van der Waals surface area contributed by atoms with E-state index in [9.17, 15) is 13.2 Å². The molecule has 3 rings (SSSR count). The van der Waals surface area contributed by atoms with Crippen LogP contribution in [0.3, 0.4) is 0 Å². The standard InChI is InChI=1S/C21H22F3N/c1-15-3-5-17(6-4-15)16(2)25-13-11-19(12-14-25)18-7-9-20(10-8-18)21(22,23)24/h3-10,19H,2,11-14H2,1H3. The molecule has 1 aliphatic heterocycles. The van der Waals surface area contributed by atoms with Gasteiger partial charge in [0, 0.05) is 18.8 Å². The fraction of sp³-hybridized carbons (Fsp3) is 0.333. The molecule has 0 radical (unpaired) electrons. The fourth-order valence-electron chi connectivity index (χ4n) is 3.36. The van der Waals surface area contributed by atoms with Gasteiger partial charge in [-0.2, -0.15) is 13.2 Å². The average molecular weight is 345 g/mol. The van der Waals surface area contributed by atoms with E-state index in [1.807, 2.05) is 0 Å². The number of hydrogen-bond acceptors (Lipinski definition) is 1. The minimum atomic E-state index is -4.27. The third-order valence-corrected chi connectivity index (χ3v) is 4.97. The highest BCUT2D eigenvalue weighted by Crippen LogP contribution is 2.34. The average Bonchev–Trinajstić information content (AvgIpc) is 2.61. The van der Waals surface area contributed by atoms with Crippen LogP contribution >= 0.6 is 0 Å². The highest BCUT2D eigenvalue weighted by atomic mass is 19.4. The molecule has 1 saturated heterocycles. The quantitative estimate of drug-likeness (QED) is 0.673. The molecule has 0 spiro atoms. The van der Waals surface area contributed by atoms with Gasteiger partial charge in [0.25, 0.3) is 0 Å². The van der Waals surface area contributed by atoms with Crippen molar-refractivity contribution in [2.24, 2.45) is 0 Å². The third kappa shape index (κ3) is 4.06. The molecule has 25 heavy (non-hydrogen) atoms. The van der Waals surface area contributed by atoms with E-state index in [2.05, 4.69) is 42.7 Å². The second kappa shape index (κ2) is 6.95. The Labute approximate surface area is 146 Å². The molecule has 2 aromatic rings. The Kier molecular flexibility index (Phi) is 4.89. The summed E-state index contributed by atoms with van der Waals surface area (Å²) in [7, 11) is 0. The first-order valence-corrected chi connectivity index (χ1v) is 8.52. The molecule has 0 unspecified atom stereocenters. The molecule has 4 heteroatoms. The second-order valence-corrected chi connectivity index (χ2v) is 6.69. The lowest BCUT2D eigenvalue weighted by atomic mass is 9.88. The maximum absolute atomic E-state index is 12.7. The van der Waals surface area contributed by atoms with E-state index in [1.165, 1.54) is 17.7 Å². The van der Waals surface area contributed by atoms with Crippen molar-refractivity contribution < 1.29 is 13.2 Å². The van der Waals surface area contributed by atoms with Crippen LogP contribution in [0.2, 0.25) is 0 Å². The number of hydrogen-bond donors (Lipinski definition) is 0. The van der Waals surface area contributed by atoms with Gasteiger partial charge in [-0.25, -0.2) is 0 Å². The maximum atomic E-state index is 12.7. The molecule has 1 heterocycles. The van der Waals surface area contributed by atoms with Gasteiger partial charge in [-0.1, -0.05) is 48.5 Å². The molecule has 0 atom stereocenters. The van der Waals surface area contributed by atoms with Gasteiger partial charge in [-0.05, 0) is 48.9 Å². The van der Waals surface area contributed by atoms with Crippen LogP contribution in [0.25, 0.3) is 5.70 Å². The topological polar surface area (TPSA) is 3.24 Å². The molecule has 1 nitrogen and oxygen atoms in total. The van der Waals surface area contributed by atoms with Crippen molar-refractivity contribution in [3.05, 3.63) is 77.4 Å². The zero-order valence-corrected chi connectivity index (χ0v) is 14.3. The van der Waals surface area contributed by atoms with Crippen molar-refractivity contribution in [3.8, 4) is 0 Å². The molecule has 2 aromatic carbocycles. The number of nitrogens with zero attached hydrogens (tertiary/aromatic N) is 1. The number of piperidine rings is 1. The van der Waals surface area contributed by atoms with Gasteiger partial charge in [-0.3, -0.25) is 0 Å². The van der Waals surface area contributed by atoms with Crippen molar-refractivity contribution >= 4 is 5.70 Å². The molecule has 132 valence electrons. The van der Waals surface area contributed by atoms with E-state index >= 15 is 0 Å². The van der Waals surface area contributed by atoms with Crippen molar-refractivity contribution in [1.82, 2.24) is 4.90 Å². The van der Waals surface area contributed by atoms with E-state index in [4.69, 9.17) is 0 Å². The molecular formula is C21H22F3N. The number of halogens is 3. The van der Waals surface area contributed by atoms with Gasteiger partial charge in [0.15, 0.2) is 0 Å². The summed E-state index contributed by atoms with van der Waals surface area (Å²) in [6.45, 7) is 8.02. The Morgan fingerprint density at radius 2 is 1.52 bits per heavy atom. The number of likely N-dealkylation sites (tertiary alicyclic amines) is 1. The van der Waals surface area contributed by atoms with Crippen molar-refractivity contribution in [2.75, 3.05) is 13.1 Å². The smallest absolute Gasteiger partial charge is 0.371 e. The zero-order chi connectivity index (χ0) is 18.0. The summed E-state index contributed by atoms with van der Waals surface area (Å²) in [6, 6.07) is 13.9. The first kappa shape index (κ1) is 17.6. The molecule has 1 fully saturated rings. The van der Waals surface area contributed by atoms with E-state index in [0.717, 1.165) is 42.8 Å². The Morgan fingerprint density at radius 1 is 0.960 bits per heavy atom. The van der Waals surface area contributed by atoms with Gasteiger partial charge in [0.05, 0.1) is 5.56 Å². The first-order valence-electron chi connectivity index (χ1n) is 8.52. The zero-order valence-electron chi connectivity index (χ0n) is 14.3. The summed E-state index contributed by atoms with van der Waals surface area (Å²) in [5.74, 6) is 0.310. The summed E-state index contributed by atoms with van der Waals surface area (Å²) in [4.78, 5) is 2.27. The minimum absolute atomic E-state index is 0.310. The van der Waals surface area contributed by atoms with E-state index in [1.54, 1.807) is 12.1 Å². The molecule has 0 aromatic heterocycles. The maximum Gasteiger partial charge on any atom is 0.416 e. The molecule has 0 saturated carbocycles. The molecular weight excluding hydrogens is 323 g/mol. The summed E-state index contributed by atoms with van der Waals surface area (Å²) in [5, 5.41) is 0. The summed E-state index contributed by atoms with van der Waals surface area (Å²) in [6.07, 6.45) is -2.42. The van der Waals surface area contributed by atoms with E-state index in [-0.39, 0.29) is 0 Å². The lowest BCUT2D eigenvalue weighted by molar-refractivity contribution is -0.137. The number of aryl methyl sites for hydroxylation is 1. The van der Waals surface area contributed by atoms with Gasteiger partial charge in [0.1, 0.15) is 0 Å². The van der Waals surface area contributed by atoms with Crippen LogP contribution in [0.15, 0.2) is 55.1 Å². The minimum Gasteiger partial charge on any atom is -0.371 e. The molecule has 0 aliphatic carbocycles. The van der Waals surface area contributed by atoms with Crippen LogP contribution < -0.4 is 0 Å². The largest absolute Gasteiger partial charge is 0.416 e. The van der Waals surface area contributed by atoms with Gasteiger partial charge < -0.3 is 4.90 Å². The highest BCUT2D eigenvalue weighted by molar-refractivity contribution is 5.62. The van der Waals surface area contributed by atoms with Gasteiger partial charge in [0.2, 0.25) is 0 Å². The normalized spacial score (nSPS) is 16.1. The van der Waals surface area contributed by atoms with Gasteiger partial charge >= 0.3 is 6.18 Å². The van der Waals surface area contributed by atoms with Gasteiger partial charge in [-0.15, -0.1) is 0 Å². The fourth-order valence-corrected chi connectivity index (χ4v) is 3.36. The Hall–Kier alpha value is -2.23. The Morgan fingerprint density at radius 3 is 2.04 bits per heavy atom. The molecule has 0 amide bonds. The highest BCUT2D eigenvalue weighted by Gasteiger charge is 2.30. The van der Waals surface area contributed by atoms with Crippen LogP contribution in [-0.4, -0.2) is 18.0 Å². The molecule has 0 N–H and O–H groups in total. The van der Waals surface area contributed by atoms with Crippen molar-refractivity contribution in [1.29, 1.82) is 0 Å². The Bertz CT molecular complexity index is 721. The summed E-state index contributed by atoms with van der Waals surface area (Å²) < 4.78 is 38.0. The molecule has 0 bridgehead atoms. The van der Waals surface area contributed by atoms with Crippen molar-refractivity contribution in [3.63, 3.8) is 0 Å². The Balaban J connectivity index is 1.61. The van der Waals surface area contributed by atoms with Crippen LogP contribution in [0.1, 0.15) is 41.0 Å². The van der Waals surface area contributed by atoms with Crippen LogP contribution in [0, 0.1) is 6.92 Å². The predicted octanol–water partition coefficient (Wildman–Crippen LogP) is 5.86. The SMILES string of the molecule is C=C(c1ccc(C)cc1)N1CCC(c2ccc(C(F)(F)F)cc2)CC1. The monoisotopic (exact) mass is 345 g/mol. The van der Waals surface area contributed by atoms with Crippen LogP contribution in [0.4, 0.5) is 13.2 Å². The molecule has 1 aliphatic rings. The lowest BCUT2D eigenvalue weighted by Gasteiger charge is -2.35. The second-order valence-electron chi connectivity index (χ2n) is 6.69. The third-order valence-electron chi connectivity index (χ3n) is 4.97. The first-order chi connectivity index (χ1) is 11.8. The number of benzene rings is 2. The van der Waals surface area contributed by atoms with Crippen molar-refractivity contribution in [2.45, 2.75) is 31.9 Å². The number of rotatable bonds is 3. The van der Waals surface area contributed by atoms with E-state index < -0.39 is 11.7 Å². The summed E-state index contributed by atoms with van der Waals surface area (Å²) in [5.41, 5.74) is 3.78. The lowest BCUT2D eigenvalue weighted by Crippen LogP contribution is -2.31. The van der Waals surface area contributed by atoms with E-state index in [0.29, 0.717) is 5.92 Å². The van der Waals surface area contributed by atoms with Crippen LogP contribution in [-0.2, 0) is 6.18 Å². The summed E-state index contributed by atoms with van der Waals surface area (Å²) >= 11 is 0. The predicted molar refractivity (Wildman–Crippen MR) is 95.2 cm³/mol. The van der Waals surface area contributed by atoms with Crippen LogP contribution in [0.5, 0.6) is 0 Å². The number of alkyl halides is 3.